The Balaban J connectivity index is 1.40. The van der Waals surface area contributed by atoms with Gasteiger partial charge in [0, 0.05) is 22.7 Å². The molecular weight excluding hydrogens is 602 g/mol. The van der Waals surface area contributed by atoms with Gasteiger partial charge in [-0.05, 0) is 93.2 Å². The zero-order valence-electron chi connectivity index (χ0n) is 29.1. The van der Waals surface area contributed by atoms with Gasteiger partial charge < -0.3 is 20.1 Å². The lowest BCUT2D eigenvalue weighted by Crippen LogP contribution is -2.33. The maximum atomic E-state index is 14.4. The minimum absolute atomic E-state index is 0.0307. The number of amides is 2. The number of carbonyl (C=O) groups excluding carboxylic acids is 2. The molecule has 0 aliphatic carbocycles. The van der Waals surface area contributed by atoms with E-state index in [1.165, 1.54) is 0 Å². The summed E-state index contributed by atoms with van der Waals surface area (Å²) < 4.78 is 13.3. The first-order valence-electron chi connectivity index (χ1n) is 17.0. The minimum Gasteiger partial charge on any atom is -0.493 e. The van der Waals surface area contributed by atoms with Crippen LogP contribution in [0.4, 0.5) is 16.3 Å². The van der Waals surface area contributed by atoms with Crippen molar-refractivity contribution >= 4 is 23.3 Å². The number of hydrogen-bond acceptors (Lipinski definition) is 6. The van der Waals surface area contributed by atoms with Gasteiger partial charge in [-0.25, -0.2) is 9.48 Å². The molecule has 5 rings (SSSR count). The van der Waals surface area contributed by atoms with Gasteiger partial charge in [-0.3, -0.25) is 10.1 Å². The van der Waals surface area contributed by atoms with Crippen molar-refractivity contribution in [3.8, 4) is 17.2 Å². The number of nitrogens with one attached hydrogen (secondary N) is 3. The second-order valence-corrected chi connectivity index (χ2v) is 13.6. The summed E-state index contributed by atoms with van der Waals surface area (Å²) in [5.41, 5.74) is 4.71. The van der Waals surface area contributed by atoms with Crippen LogP contribution in [-0.2, 0) is 5.41 Å². The minimum atomic E-state index is -0.394. The second kappa shape index (κ2) is 15.5. The van der Waals surface area contributed by atoms with Gasteiger partial charge in [-0.2, -0.15) is 5.10 Å². The molecule has 1 aliphatic rings. The number of carbonyl (C=O) groups is 2. The Morgan fingerprint density at radius 3 is 2.42 bits per heavy atom. The molecule has 4 aromatic rings. The SMILES string of the molecule is CCCCOc1cc(C(=O)C(c2cccc(NC(=O)Nc3cc(C(C)(C)C)nn3-c3ccc(C)cc3)c2)C2CCNCC2)ccc1OC. The number of hydrogen-bond donors (Lipinski definition) is 3. The maximum Gasteiger partial charge on any atom is 0.324 e. The van der Waals surface area contributed by atoms with Crippen molar-refractivity contribution in [3.05, 3.63) is 95.2 Å². The van der Waals surface area contributed by atoms with Crippen molar-refractivity contribution in [2.45, 2.75) is 71.6 Å². The Morgan fingerprint density at radius 1 is 0.979 bits per heavy atom. The van der Waals surface area contributed by atoms with E-state index in [4.69, 9.17) is 14.6 Å². The summed E-state index contributed by atoms with van der Waals surface area (Å²) in [4.78, 5) is 27.8. The zero-order chi connectivity index (χ0) is 34.3. The molecule has 1 saturated heterocycles. The third kappa shape index (κ3) is 8.44. The zero-order valence-corrected chi connectivity index (χ0v) is 29.1. The summed E-state index contributed by atoms with van der Waals surface area (Å²) in [6, 6.07) is 22.6. The molecule has 1 fully saturated rings. The number of ketones is 1. The average Bonchev–Trinajstić information content (AvgIpc) is 3.50. The van der Waals surface area contributed by atoms with Crippen LogP contribution in [0.15, 0.2) is 72.8 Å². The Hall–Kier alpha value is -4.63. The molecule has 0 saturated carbocycles. The van der Waals surface area contributed by atoms with E-state index in [0.717, 1.165) is 61.3 Å². The molecule has 0 radical (unpaired) electrons. The summed E-state index contributed by atoms with van der Waals surface area (Å²) in [7, 11) is 1.61. The van der Waals surface area contributed by atoms with Gasteiger partial charge in [0.15, 0.2) is 17.3 Å². The molecule has 0 spiro atoms. The number of benzene rings is 3. The van der Waals surface area contributed by atoms with Crippen molar-refractivity contribution in [2.75, 3.05) is 37.4 Å². The van der Waals surface area contributed by atoms with Gasteiger partial charge in [0.1, 0.15) is 5.82 Å². The number of anilines is 2. The highest BCUT2D eigenvalue weighted by molar-refractivity contribution is 6.02. The van der Waals surface area contributed by atoms with Crippen LogP contribution in [0.5, 0.6) is 11.5 Å². The van der Waals surface area contributed by atoms with Gasteiger partial charge in [0.05, 0.1) is 31.0 Å². The van der Waals surface area contributed by atoms with Crippen LogP contribution in [0, 0.1) is 12.8 Å². The number of rotatable bonds is 12. The smallest absolute Gasteiger partial charge is 0.324 e. The van der Waals surface area contributed by atoms with Crippen molar-refractivity contribution < 1.29 is 19.1 Å². The predicted molar refractivity (Wildman–Crippen MR) is 192 cm³/mol. The molecule has 3 aromatic carbocycles. The largest absolute Gasteiger partial charge is 0.493 e. The molecule has 48 heavy (non-hydrogen) atoms. The molecule has 2 amide bonds. The van der Waals surface area contributed by atoms with Crippen molar-refractivity contribution in [2.24, 2.45) is 5.92 Å². The average molecular weight is 652 g/mol. The van der Waals surface area contributed by atoms with Crippen molar-refractivity contribution in [1.82, 2.24) is 15.1 Å². The normalized spacial score (nSPS) is 14.3. The third-order valence-corrected chi connectivity index (χ3v) is 8.84. The lowest BCUT2D eigenvalue weighted by Gasteiger charge is -2.30. The number of ether oxygens (including phenoxy) is 2. The summed E-state index contributed by atoms with van der Waals surface area (Å²) in [5, 5.41) is 14.3. The van der Waals surface area contributed by atoms with E-state index in [0.29, 0.717) is 35.2 Å². The quantitative estimate of drug-likeness (QED) is 0.105. The maximum absolute atomic E-state index is 14.4. The fourth-order valence-electron chi connectivity index (χ4n) is 6.07. The number of aromatic nitrogens is 2. The highest BCUT2D eigenvalue weighted by Gasteiger charge is 2.32. The van der Waals surface area contributed by atoms with Crippen molar-refractivity contribution in [1.29, 1.82) is 0 Å². The number of urea groups is 1. The van der Waals surface area contributed by atoms with Crippen molar-refractivity contribution in [3.63, 3.8) is 0 Å². The summed E-state index contributed by atoms with van der Waals surface area (Å²) in [5.74, 6) is 1.55. The first-order valence-corrected chi connectivity index (χ1v) is 17.0. The van der Waals surface area contributed by atoms with Crippen LogP contribution in [0.1, 0.15) is 86.5 Å². The lowest BCUT2D eigenvalue weighted by molar-refractivity contribution is 0.0915. The van der Waals surface area contributed by atoms with E-state index in [2.05, 4.69) is 43.6 Å². The van der Waals surface area contributed by atoms with Gasteiger partial charge in [0.25, 0.3) is 0 Å². The predicted octanol–water partition coefficient (Wildman–Crippen LogP) is 8.28. The Bertz CT molecular complexity index is 1700. The molecule has 1 aromatic heterocycles. The first-order chi connectivity index (χ1) is 23.1. The van der Waals surface area contributed by atoms with E-state index in [9.17, 15) is 9.59 Å². The number of Topliss-reactive ketones (excluding diaryl/α,β-unsaturated/α-hetero) is 1. The van der Waals surface area contributed by atoms with Crippen LogP contribution in [-0.4, -0.2) is 48.4 Å². The van der Waals surface area contributed by atoms with E-state index in [-0.39, 0.29) is 23.0 Å². The van der Waals surface area contributed by atoms with Crippen LogP contribution < -0.4 is 25.4 Å². The number of piperidine rings is 1. The lowest BCUT2D eigenvalue weighted by atomic mass is 9.76. The summed E-state index contributed by atoms with van der Waals surface area (Å²) >= 11 is 0. The highest BCUT2D eigenvalue weighted by atomic mass is 16.5. The Kier molecular flexibility index (Phi) is 11.2. The fourth-order valence-corrected chi connectivity index (χ4v) is 6.07. The molecule has 9 heteroatoms. The van der Waals surface area contributed by atoms with Crippen LogP contribution in [0.3, 0.4) is 0 Å². The summed E-state index contributed by atoms with van der Waals surface area (Å²) in [6.45, 7) is 12.7. The first kappa shape index (κ1) is 34.7. The second-order valence-electron chi connectivity index (χ2n) is 13.6. The third-order valence-electron chi connectivity index (χ3n) is 8.84. The van der Waals surface area contributed by atoms with Crippen LogP contribution in [0.25, 0.3) is 5.69 Å². The number of methoxy groups -OCH3 is 1. The van der Waals surface area contributed by atoms with E-state index < -0.39 is 6.03 Å². The highest BCUT2D eigenvalue weighted by Crippen LogP contribution is 2.37. The van der Waals surface area contributed by atoms with Crippen LogP contribution in [0.2, 0.25) is 0 Å². The molecular formula is C39H49N5O4. The van der Waals surface area contributed by atoms with Crippen LogP contribution >= 0.6 is 0 Å². The molecule has 3 N–H and O–H groups in total. The number of nitrogens with zero attached hydrogens (tertiary/aromatic N) is 2. The van der Waals surface area contributed by atoms with E-state index >= 15 is 0 Å². The molecule has 1 unspecified atom stereocenters. The molecule has 2 heterocycles. The Morgan fingerprint density at radius 2 is 1.73 bits per heavy atom. The molecule has 1 atom stereocenters. The summed E-state index contributed by atoms with van der Waals surface area (Å²) in [6.07, 6.45) is 3.68. The van der Waals surface area contributed by atoms with Gasteiger partial charge in [0.2, 0.25) is 0 Å². The number of unbranched alkanes of at least 4 members (excludes halogenated alkanes) is 1. The molecule has 0 bridgehead atoms. The van der Waals surface area contributed by atoms with Gasteiger partial charge in [-0.1, -0.05) is 63.9 Å². The fraction of sp³-hybridized carbons (Fsp3) is 0.410. The van der Waals surface area contributed by atoms with E-state index in [1.807, 2.05) is 79.7 Å². The van der Waals surface area contributed by atoms with Gasteiger partial charge >= 0.3 is 6.03 Å². The molecule has 1 aliphatic heterocycles. The number of aryl methyl sites for hydroxylation is 1. The topological polar surface area (TPSA) is 107 Å². The standard InChI is InChI=1S/C39H49N5O4/c1-7-8-22-48-33-24-29(14-17-32(33)47-6)37(45)36(27-18-20-40-21-19-27)28-10-9-11-30(23-28)41-38(46)42-35-25-34(39(3,4)5)43-44(35)31-15-12-26(2)13-16-31/h9-17,23-25,27,36,40H,7-8,18-22H2,1-6H3,(H2,41,42,46). The Labute approximate surface area is 284 Å². The van der Waals surface area contributed by atoms with E-state index in [1.54, 1.807) is 11.8 Å². The molecule has 254 valence electrons. The monoisotopic (exact) mass is 651 g/mol. The van der Waals surface area contributed by atoms with Gasteiger partial charge in [-0.15, -0.1) is 0 Å². The molecule has 9 nitrogen and oxygen atoms in total.